The van der Waals surface area contributed by atoms with Gasteiger partial charge < -0.3 is 9.64 Å². The molecule has 3 rings (SSSR count). The van der Waals surface area contributed by atoms with E-state index in [1.165, 1.54) is 0 Å². The molecule has 1 aliphatic rings. The van der Waals surface area contributed by atoms with Crippen LogP contribution in [0.4, 0.5) is 0 Å². The lowest BCUT2D eigenvalue weighted by Crippen LogP contribution is -2.47. The molecule has 1 aromatic heterocycles. The predicted octanol–water partition coefficient (Wildman–Crippen LogP) is 4.88. The van der Waals surface area contributed by atoms with Crippen molar-refractivity contribution in [3.8, 4) is 6.07 Å². The van der Waals surface area contributed by atoms with E-state index in [1.54, 1.807) is 47.7 Å². The van der Waals surface area contributed by atoms with E-state index in [2.05, 4.69) is 11.1 Å². The van der Waals surface area contributed by atoms with Crippen molar-refractivity contribution in [1.82, 2.24) is 9.88 Å². The maximum atomic E-state index is 12.2. The van der Waals surface area contributed by atoms with E-state index in [1.807, 2.05) is 31.0 Å². The third kappa shape index (κ3) is 4.46. The van der Waals surface area contributed by atoms with Gasteiger partial charge in [-0.2, -0.15) is 5.26 Å². The lowest BCUT2D eigenvalue weighted by molar-refractivity contribution is -0.143. The van der Waals surface area contributed by atoms with Crippen LogP contribution in [-0.2, 0) is 9.53 Å². The third-order valence-corrected chi connectivity index (χ3v) is 7.11. The monoisotopic (exact) mass is 421 g/mol. The molecule has 0 N–H and O–H groups in total. The number of benzene rings is 1. The van der Waals surface area contributed by atoms with Gasteiger partial charge in [0.1, 0.15) is 11.8 Å². The highest BCUT2D eigenvalue weighted by molar-refractivity contribution is 7.99. The molecule has 1 unspecified atom stereocenters. The van der Waals surface area contributed by atoms with Crippen molar-refractivity contribution in [2.45, 2.75) is 49.1 Å². The first-order valence-corrected chi connectivity index (χ1v) is 10.6. The highest BCUT2D eigenvalue weighted by Crippen LogP contribution is 2.44. The summed E-state index contributed by atoms with van der Waals surface area (Å²) in [4.78, 5) is 20.2. The van der Waals surface area contributed by atoms with Gasteiger partial charge in [0.2, 0.25) is 5.91 Å². The molecule has 2 aromatic rings. The van der Waals surface area contributed by atoms with Gasteiger partial charge >= 0.3 is 0 Å². The van der Waals surface area contributed by atoms with Crippen LogP contribution in [-0.4, -0.2) is 34.2 Å². The predicted molar refractivity (Wildman–Crippen MR) is 108 cm³/mol. The highest BCUT2D eigenvalue weighted by atomic mass is 35.5. The Labute approximate surface area is 172 Å². The number of amides is 1. The van der Waals surface area contributed by atoms with Gasteiger partial charge in [0.05, 0.1) is 23.7 Å². The fourth-order valence-corrected chi connectivity index (χ4v) is 5.67. The van der Waals surface area contributed by atoms with Crippen molar-refractivity contribution < 1.29 is 9.53 Å². The molecule has 142 valence electrons. The number of nitrogens with zero attached hydrogens (tertiary/aromatic N) is 3. The Bertz CT molecular complexity index is 864. The Morgan fingerprint density at radius 2 is 2.37 bits per heavy atom. The molecule has 0 spiro atoms. The van der Waals surface area contributed by atoms with Crippen LogP contribution in [0.5, 0.6) is 0 Å². The van der Waals surface area contributed by atoms with Gasteiger partial charge in [-0.15, -0.1) is 23.1 Å². The van der Waals surface area contributed by atoms with Crippen LogP contribution in [0.1, 0.15) is 42.9 Å². The van der Waals surface area contributed by atoms with Gasteiger partial charge in [0.25, 0.3) is 0 Å². The largest absolute Gasteiger partial charge is 0.354 e. The molecule has 1 saturated heterocycles. The molecular weight excluding hydrogens is 402 g/mol. The number of halogens is 1. The number of aromatic nitrogens is 1. The summed E-state index contributed by atoms with van der Waals surface area (Å²) in [7, 11) is 0. The number of carbonyl (C=O) groups excluding carboxylic acids is 1. The minimum absolute atomic E-state index is 0.000221. The number of hydrogen-bond acceptors (Lipinski definition) is 6. The summed E-state index contributed by atoms with van der Waals surface area (Å²) in [5.41, 5.74) is 1.74. The summed E-state index contributed by atoms with van der Waals surface area (Å²) in [5, 5.41) is 10.0. The fraction of sp³-hybridized carbons (Fsp3) is 0.421. The molecule has 0 saturated carbocycles. The number of ether oxygens (including phenoxy) is 1. The average molecular weight is 422 g/mol. The Morgan fingerprint density at radius 3 is 3.00 bits per heavy atom. The zero-order valence-corrected chi connectivity index (χ0v) is 17.7. The van der Waals surface area contributed by atoms with E-state index in [-0.39, 0.29) is 17.2 Å². The van der Waals surface area contributed by atoms with Gasteiger partial charge in [0.15, 0.2) is 0 Å². The van der Waals surface area contributed by atoms with Crippen molar-refractivity contribution in [3.05, 3.63) is 45.4 Å². The Balaban J connectivity index is 1.88. The molecule has 2 heterocycles. The highest BCUT2D eigenvalue weighted by Gasteiger charge is 2.43. The Kier molecular flexibility index (Phi) is 6.11. The van der Waals surface area contributed by atoms with Crippen LogP contribution in [0, 0.1) is 11.3 Å². The molecule has 8 heteroatoms. The second kappa shape index (κ2) is 8.19. The van der Waals surface area contributed by atoms with Crippen LogP contribution in [0.2, 0.25) is 5.02 Å². The number of rotatable bonds is 5. The quantitative estimate of drug-likeness (QED) is 0.644. The summed E-state index contributed by atoms with van der Waals surface area (Å²) >= 11 is 9.20. The summed E-state index contributed by atoms with van der Waals surface area (Å²) in [6.45, 7) is 5.89. The van der Waals surface area contributed by atoms with Crippen LogP contribution < -0.4 is 0 Å². The summed E-state index contributed by atoms with van der Waals surface area (Å²) < 4.78 is 5.87. The number of thiazole rings is 1. The van der Waals surface area contributed by atoms with Gasteiger partial charge in [-0.25, -0.2) is 0 Å². The topological polar surface area (TPSA) is 66.2 Å². The second-order valence-corrected chi connectivity index (χ2v) is 9.40. The zero-order chi connectivity index (χ0) is 19.6. The van der Waals surface area contributed by atoms with Crippen molar-refractivity contribution in [2.24, 2.45) is 0 Å². The number of thioether (sulfide) groups is 1. The SMILES string of the molecule is CC(=O)N1C(C[C@@H](Sc2ccc(Cl)cc2C#N)c2cncs2)COC1(C)C. The molecule has 2 atom stereocenters. The first-order chi connectivity index (χ1) is 12.8. The van der Waals surface area contributed by atoms with Crippen molar-refractivity contribution >= 4 is 40.6 Å². The molecule has 1 amide bonds. The van der Waals surface area contributed by atoms with Gasteiger partial charge in [-0.3, -0.25) is 9.78 Å². The summed E-state index contributed by atoms with van der Waals surface area (Å²) in [5.74, 6) is -0.000221. The van der Waals surface area contributed by atoms with Crippen molar-refractivity contribution in [3.63, 3.8) is 0 Å². The van der Waals surface area contributed by atoms with E-state index in [9.17, 15) is 10.1 Å². The Morgan fingerprint density at radius 1 is 1.59 bits per heavy atom. The van der Waals surface area contributed by atoms with E-state index in [0.717, 1.165) is 9.77 Å². The molecule has 1 fully saturated rings. The molecule has 5 nitrogen and oxygen atoms in total. The molecule has 0 bridgehead atoms. The van der Waals surface area contributed by atoms with Crippen LogP contribution in [0.3, 0.4) is 0 Å². The molecule has 27 heavy (non-hydrogen) atoms. The first kappa shape index (κ1) is 20.2. The maximum Gasteiger partial charge on any atom is 0.222 e. The molecule has 0 radical (unpaired) electrons. The van der Waals surface area contributed by atoms with Crippen LogP contribution in [0.15, 0.2) is 34.8 Å². The van der Waals surface area contributed by atoms with E-state index in [4.69, 9.17) is 16.3 Å². The van der Waals surface area contributed by atoms with Gasteiger partial charge in [-0.1, -0.05) is 11.6 Å². The average Bonchev–Trinajstić information content (AvgIpc) is 3.23. The molecule has 1 aliphatic heterocycles. The molecule has 0 aliphatic carbocycles. The summed E-state index contributed by atoms with van der Waals surface area (Å²) in [6.07, 6.45) is 2.56. The van der Waals surface area contributed by atoms with Crippen molar-refractivity contribution in [2.75, 3.05) is 6.61 Å². The lowest BCUT2D eigenvalue weighted by atomic mass is 10.1. The minimum atomic E-state index is -0.614. The van der Waals surface area contributed by atoms with Crippen LogP contribution >= 0.6 is 34.7 Å². The van der Waals surface area contributed by atoms with E-state index >= 15 is 0 Å². The standard InChI is InChI=1S/C19H20ClN3O2S2/c1-12(24)23-15(10-25-19(23,2)3)7-17(18-9-22-11-26-18)27-16-5-4-14(20)6-13(16)8-21/h4-6,9,11,15,17H,7,10H2,1-3H3/t15?,17-/m1/s1. The fourth-order valence-electron chi connectivity index (χ4n) is 3.39. The van der Waals surface area contributed by atoms with Gasteiger partial charge in [-0.05, 0) is 38.5 Å². The number of carbonyl (C=O) groups is 1. The van der Waals surface area contributed by atoms with E-state index in [0.29, 0.717) is 23.6 Å². The zero-order valence-electron chi connectivity index (χ0n) is 15.3. The third-order valence-electron chi connectivity index (χ3n) is 4.50. The maximum absolute atomic E-state index is 12.2. The normalized spacial score (nSPS) is 19.7. The van der Waals surface area contributed by atoms with Crippen molar-refractivity contribution in [1.29, 1.82) is 5.26 Å². The second-order valence-electron chi connectivity index (χ2n) is 6.80. The number of hydrogen-bond donors (Lipinski definition) is 0. The summed E-state index contributed by atoms with van der Waals surface area (Å²) in [6, 6.07) is 7.52. The minimum Gasteiger partial charge on any atom is -0.354 e. The first-order valence-electron chi connectivity index (χ1n) is 8.50. The lowest BCUT2D eigenvalue weighted by Gasteiger charge is -2.34. The van der Waals surface area contributed by atoms with E-state index < -0.39 is 5.72 Å². The smallest absolute Gasteiger partial charge is 0.222 e. The molecular formula is C19H20ClN3O2S2. The molecule has 1 aromatic carbocycles. The van der Waals surface area contributed by atoms with Crippen LogP contribution in [0.25, 0.3) is 0 Å². The van der Waals surface area contributed by atoms with Gasteiger partial charge in [0, 0.05) is 33.2 Å². The Hall–Kier alpha value is -1.59. The number of nitriles is 1.